The van der Waals surface area contributed by atoms with Gasteiger partial charge in [0.25, 0.3) is 0 Å². The van der Waals surface area contributed by atoms with Crippen LogP contribution in [-0.4, -0.2) is 58.7 Å². The summed E-state index contributed by atoms with van der Waals surface area (Å²) >= 11 is 0. The summed E-state index contributed by atoms with van der Waals surface area (Å²) in [5.74, 6) is 1.84. The number of hydrogen-bond acceptors (Lipinski definition) is 4. The SMILES string of the molecule is CN=C(NCc1ccc(C)cc1OC)NCC1CCN(S(C)(=O)=O)C1.I. The second-order valence-corrected chi connectivity index (χ2v) is 8.38. The van der Waals surface area contributed by atoms with Gasteiger partial charge in [0.05, 0.1) is 13.4 Å². The molecule has 0 radical (unpaired) electrons. The summed E-state index contributed by atoms with van der Waals surface area (Å²) < 4.78 is 30.1. The highest BCUT2D eigenvalue weighted by Crippen LogP contribution is 2.20. The molecule has 0 amide bonds. The van der Waals surface area contributed by atoms with Gasteiger partial charge < -0.3 is 15.4 Å². The Morgan fingerprint density at radius 1 is 1.38 bits per heavy atom. The number of nitrogens with one attached hydrogen (secondary N) is 2. The van der Waals surface area contributed by atoms with Crippen LogP contribution in [0.4, 0.5) is 0 Å². The van der Waals surface area contributed by atoms with E-state index in [0.717, 1.165) is 23.3 Å². The fourth-order valence-corrected chi connectivity index (χ4v) is 3.82. The van der Waals surface area contributed by atoms with Crippen LogP contribution in [0.5, 0.6) is 5.75 Å². The molecule has 1 aromatic carbocycles. The molecule has 7 nitrogen and oxygen atoms in total. The molecule has 1 heterocycles. The second kappa shape index (κ2) is 10.3. The third kappa shape index (κ3) is 6.58. The standard InChI is InChI=1S/C17H28N4O3S.HI/c1-13-5-6-15(16(9-13)24-3)11-20-17(18-2)19-10-14-7-8-21(12-14)25(4,22)23;/h5-6,9,14H,7-8,10-12H2,1-4H3,(H2,18,19,20);1H. The molecule has 1 aliphatic rings. The van der Waals surface area contributed by atoms with E-state index in [9.17, 15) is 8.42 Å². The zero-order valence-corrected chi connectivity index (χ0v) is 18.9. The van der Waals surface area contributed by atoms with Gasteiger partial charge in [-0.25, -0.2) is 12.7 Å². The summed E-state index contributed by atoms with van der Waals surface area (Å²) in [4.78, 5) is 4.23. The molecule has 0 aliphatic carbocycles. The Bertz CT molecular complexity index is 725. The molecule has 1 aliphatic heterocycles. The number of halogens is 1. The lowest BCUT2D eigenvalue weighted by atomic mass is 10.1. The van der Waals surface area contributed by atoms with Crippen LogP contribution >= 0.6 is 24.0 Å². The molecule has 26 heavy (non-hydrogen) atoms. The van der Waals surface area contributed by atoms with Crippen molar-refractivity contribution in [1.82, 2.24) is 14.9 Å². The van der Waals surface area contributed by atoms with E-state index in [1.54, 1.807) is 14.2 Å². The van der Waals surface area contributed by atoms with E-state index < -0.39 is 10.0 Å². The molecular formula is C17H29IN4O3S. The quantitative estimate of drug-likeness (QED) is 0.355. The van der Waals surface area contributed by atoms with Crippen molar-refractivity contribution in [3.8, 4) is 5.75 Å². The van der Waals surface area contributed by atoms with Crippen LogP contribution < -0.4 is 15.4 Å². The summed E-state index contributed by atoms with van der Waals surface area (Å²) in [5.41, 5.74) is 2.21. The number of guanidine groups is 1. The van der Waals surface area contributed by atoms with Crippen LogP contribution in [-0.2, 0) is 16.6 Å². The van der Waals surface area contributed by atoms with Crippen LogP contribution in [0.2, 0.25) is 0 Å². The number of aryl methyl sites for hydroxylation is 1. The van der Waals surface area contributed by atoms with Crippen molar-refractivity contribution in [3.05, 3.63) is 29.3 Å². The monoisotopic (exact) mass is 496 g/mol. The van der Waals surface area contributed by atoms with Gasteiger partial charge >= 0.3 is 0 Å². The molecule has 2 N–H and O–H groups in total. The molecule has 9 heteroatoms. The Morgan fingerprint density at radius 2 is 2.12 bits per heavy atom. The summed E-state index contributed by atoms with van der Waals surface area (Å²) in [6, 6.07) is 6.09. The molecule has 0 bridgehead atoms. The summed E-state index contributed by atoms with van der Waals surface area (Å²) in [7, 11) is 0.296. The predicted molar refractivity (Wildman–Crippen MR) is 116 cm³/mol. The maximum absolute atomic E-state index is 11.6. The fourth-order valence-electron chi connectivity index (χ4n) is 2.90. The minimum atomic E-state index is -3.09. The van der Waals surface area contributed by atoms with Crippen molar-refractivity contribution >= 4 is 40.0 Å². The largest absolute Gasteiger partial charge is 0.496 e. The lowest BCUT2D eigenvalue weighted by Crippen LogP contribution is -2.40. The van der Waals surface area contributed by atoms with Gasteiger partial charge in [-0.05, 0) is 30.9 Å². The van der Waals surface area contributed by atoms with Crippen molar-refractivity contribution in [3.63, 3.8) is 0 Å². The molecule has 0 saturated carbocycles. The maximum Gasteiger partial charge on any atom is 0.211 e. The van der Waals surface area contributed by atoms with Crippen LogP contribution in [0.25, 0.3) is 0 Å². The lowest BCUT2D eigenvalue weighted by molar-refractivity contribution is 0.408. The maximum atomic E-state index is 11.6. The Morgan fingerprint density at radius 3 is 2.69 bits per heavy atom. The van der Waals surface area contributed by atoms with E-state index in [-0.39, 0.29) is 24.0 Å². The molecule has 1 fully saturated rings. The molecule has 1 saturated heterocycles. The number of nitrogens with zero attached hydrogens (tertiary/aromatic N) is 2. The summed E-state index contributed by atoms with van der Waals surface area (Å²) in [6.45, 7) is 4.48. The van der Waals surface area contributed by atoms with E-state index >= 15 is 0 Å². The number of sulfonamides is 1. The van der Waals surface area contributed by atoms with E-state index in [1.807, 2.05) is 25.1 Å². The number of methoxy groups -OCH3 is 1. The first-order valence-corrected chi connectivity index (χ1v) is 10.2. The molecule has 2 rings (SSSR count). The van der Waals surface area contributed by atoms with E-state index in [1.165, 1.54) is 10.6 Å². The van der Waals surface area contributed by atoms with Gasteiger partial charge in [0.15, 0.2) is 5.96 Å². The fraction of sp³-hybridized carbons (Fsp3) is 0.588. The van der Waals surface area contributed by atoms with Crippen LogP contribution in [0.1, 0.15) is 17.5 Å². The lowest BCUT2D eigenvalue weighted by Gasteiger charge is -2.17. The number of hydrogen-bond donors (Lipinski definition) is 2. The van der Waals surface area contributed by atoms with Gasteiger partial charge in [-0.1, -0.05) is 12.1 Å². The molecule has 148 valence electrons. The van der Waals surface area contributed by atoms with Crippen LogP contribution in [0.3, 0.4) is 0 Å². The average molecular weight is 496 g/mol. The van der Waals surface area contributed by atoms with Gasteiger partial charge in [0.1, 0.15) is 5.75 Å². The van der Waals surface area contributed by atoms with E-state index in [0.29, 0.717) is 38.1 Å². The van der Waals surface area contributed by atoms with Crippen molar-refractivity contribution < 1.29 is 13.2 Å². The Labute approximate surface area is 173 Å². The Hall–Kier alpha value is -1.07. The predicted octanol–water partition coefficient (Wildman–Crippen LogP) is 1.57. The first kappa shape index (κ1) is 23.0. The van der Waals surface area contributed by atoms with Gasteiger partial charge in [-0.15, -0.1) is 24.0 Å². The Kier molecular flexibility index (Phi) is 9.11. The van der Waals surface area contributed by atoms with Crippen molar-refractivity contribution in [1.29, 1.82) is 0 Å². The molecule has 1 atom stereocenters. The zero-order valence-electron chi connectivity index (χ0n) is 15.8. The molecule has 1 aromatic rings. The normalized spacial score (nSPS) is 18.3. The smallest absolute Gasteiger partial charge is 0.211 e. The number of aliphatic imine (C=N–C) groups is 1. The second-order valence-electron chi connectivity index (χ2n) is 6.40. The molecule has 1 unspecified atom stereocenters. The van der Waals surface area contributed by atoms with Crippen LogP contribution in [0, 0.1) is 12.8 Å². The highest BCUT2D eigenvalue weighted by atomic mass is 127. The van der Waals surface area contributed by atoms with Gasteiger partial charge in [0.2, 0.25) is 10.0 Å². The molecule has 0 aromatic heterocycles. The third-order valence-corrected chi connectivity index (χ3v) is 5.66. The molecule has 0 spiro atoms. The van der Waals surface area contributed by atoms with Gasteiger partial charge in [-0.3, -0.25) is 4.99 Å². The Balaban J connectivity index is 0.00000338. The van der Waals surface area contributed by atoms with Gasteiger partial charge in [-0.2, -0.15) is 0 Å². The number of benzene rings is 1. The molecular weight excluding hydrogens is 467 g/mol. The van der Waals surface area contributed by atoms with E-state index in [2.05, 4.69) is 15.6 Å². The van der Waals surface area contributed by atoms with Crippen molar-refractivity contribution in [2.45, 2.75) is 19.9 Å². The van der Waals surface area contributed by atoms with Crippen molar-refractivity contribution in [2.75, 3.05) is 40.0 Å². The van der Waals surface area contributed by atoms with Gasteiger partial charge in [0, 0.05) is 38.8 Å². The highest BCUT2D eigenvalue weighted by Gasteiger charge is 2.28. The third-order valence-electron chi connectivity index (χ3n) is 4.39. The number of ether oxygens (including phenoxy) is 1. The van der Waals surface area contributed by atoms with Crippen LogP contribution in [0.15, 0.2) is 23.2 Å². The first-order valence-electron chi connectivity index (χ1n) is 8.36. The summed E-state index contributed by atoms with van der Waals surface area (Å²) in [6.07, 6.45) is 2.13. The topological polar surface area (TPSA) is 83.0 Å². The minimum Gasteiger partial charge on any atom is -0.496 e. The zero-order chi connectivity index (χ0) is 18.4. The number of rotatable bonds is 6. The average Bonchev–Trinajstić information content (AvgIpc) is 3.05. The minimum absolute atomic E-state index is 0. The van der Waals surface area contributed by atoms with E-state index in [4.69, 9.17) is 4.74 Å². The first-order chi connectivity index (χ1) is 11.8. The highest BCUT2D eigenvalue weighted by molar-refractivity contribution is 14.0. The summed E-state index contributed by atoms with van der Waals surface area (Å²) in [5, 5.41) is 6.55. The van der Waals surface area contributed by atoms with Crippen molar-refractivity contribution in [2.24, 2.45) is 10.9 Å².